The molecule has 12 heteroatoms. The van der Waals surface area contributed by atoms with Crippen molar-refractivity contribution >= 4 is 23.2 Å². The molecule has 2 aliphatic rings. The minimum absolute atomic E-state index is 0.206. The van der Waals surface area contributed by atoms with Gasteiger partial charge in [0, 0.05) is 19.6 Å². The van der Waals surface area contributed by atoms with Crippen LogP contribution in [0.3, 0.4) is 0 Å². The average Bonchev–Trinajstić information content (AvgIpc) is 3.33. The first-order chi connectivity index (χ1) is 15.2. The Hall–Kier alpha value is -2.47. The Labute approximate surface area is 187 Å². The van der Waals surface area contributed by atoms with Crippen molar-refractivity contribution in [3.8, 4) is 0 Å². The highest BCUT2D eigenvalue weighted by Crippen LogP contribution is 2.19. The largest absolute Gasteiger partial charge is 0.490 e. The Morgan fingerprint density at radius 1 is 1.09 bits per heavy atom. The summed E-state index contributed by atoms with van der Waals surface area (Å²) in [5, 5.41) is 20.0. The van der Waals surface area contributed by atoms with E-state index >= 15 is 0 Å². The minimum atomic E-state index is -5.08. The van der Waals surface area contributed by atoms with E-state index < -0.39 is 12.1 Å². The summed E-state index contributed by atoms with van der Waals surface area (Å²) in [6.45, 7) is 5.45. The number of nitrogens with zero attached hydrogens (tertiary/aromatic N) is 5. The Balaban J connectivity index is 0.000000360. The van der Waals surface area contributed by atoms with Crippen molar-refractivity contribution in [2.75, 3.05) is 19.6 Å². The van der Waals surface area contributed by atoms with Crippen molar-refractivity contribution in [3.63, 3.8) is 0 Å². The number of carbonyl (C=O) groups excluding carboxylic acids is 1. The van der Waals surface area contributed by atoms with Gasteiger partial charge in [-0.2, -0.15) is 24.5 Å². The summed E-state index contributed by atoms with van der Waals surface area (Å²) in [4.78, 5) is 26.1. The number of aliphatic carboxylic acids is 1. The number of hydrogen-bond donors (Lipinski definition) is 1. The standard InChI is InChI=1S/C18H25N5OS.C2HF3O2/c24-18(11-15-5-10-25-14-15)22-8-4-9-23-17(13-22)16(19-20-23)12-21-6-2-1-3-7-21;3-2(4,5)1(6)7/h5,10,14H,1-4,6-9,11-13H2;(H,6,7). The van der Waals surface area contributed by atoms with E-state index in [4.69, 9.17) is 9.90 Å². The number of fused-ring (bicyclic) bond motifs is 1. The summed E-state index contributed by atoms with van der Waals surface area (Å²) < 4.78 is 33.7. The Morgan fingerprint density at radius 2 is 1.81 bits per heavy atom. The minimum Gasteiger partial charge on any atom is -0.475 e. The highest BCUT2D eigenvalue weighted by Gasteiger charge is 2.38. The third-order valence-electron chi connectivity index (χ3n) is 5.41. The molecule has 0 radical (unpaired) electrons. The average molecular weight is 474 g/mol. The molecule has 32 heavy (non-hydrogen) atoms. The first-order valence-corrected chi connectivity index (χ1v) is 11.4. The summed E-state index contributed by atoms with van der Waals surface area (Å²) in [6, 6.07) is 2.04. The maximum atomic E-state index is 12.7. The van der Waals surface area contributed by atoms with Crippen LogP contribution < -0.4 is 0 Å². The van der Waals surface area contributed by atoms with Gasteiger partial charge >= 0.3 is 12.1 Å². The quantitative estimate of drug-likeness (QED) is 0.734. The molecule has 0 bridgehead atoms. The molecule has 4 heterocycles. The summed E-state index contributed by atoms with van der Waals surface area (Å²) >= 11 is 1.64. The van der Waals surface area contributed by atoms with E-state index in [1.807, 2.05) is 21.0 Å². The number of carboxylic acid groups (broad SMARTS) is 1. The zero-order chi connectivity index (χ0) is 23.1. The van der Waals surface area contributed by atoms with Crippen LogP contribution in [0, 0.1) is 0 Å². The van der Waals surface area contributed by atoms with Crippen LogP contribution in [0.25, 0.3) is 0 Å². The third-order valence-corrected chi connectivity index (χ3v) is 6.14. The molecule has 4 rings (SSSR count). The van der Waals surface area contributed by atoms with Crippen LogP contribution in [0.2, 0.25) is 0 Å². The van der Waals surface area contributed by atoms with Crippen LogP contribution in [0.1, 0.15) is 42.6 Å². The molecule has 0 spiro atoms. The lowest BCUT2D eigenvalue weighted by molar-refractivity contribution is -0.192. The van der Waals surface area contributed by atoms with E-state index in [0.29, 0.717) is 13.0 Å². The first-order valence-electron chi connectivity index (χ1n) is 10.5. The summed E-state index contributed by atoms with van der Waals surface area (Å²) in [5.41, 5.74) is 3.29. The van der Waals surface area contributed by atoms with Gasteiger partial charge in [-0.1, -0.05) is 11.6 Å². The zero-order valence-corrected chi connectivity index (χ0v) is 18.4. The number of halogens is 3. The molecule has 0 aromatic carbocycles. The predicted octanol–water partition coefficient (Wildman–Crippen LogP) is 2.93. The van der Waals surface area contributed by atoms with E-state index in [1.165, 1.54) is 19.3 Å². The molecule has 0 unspecified atom stereocenters. The number of piperidine rings is 1. The van der Waals surface area contributed by atoms with Crippen LogP contribution in [0.15, 0.2) is 16.8 Å². The highest BCUT2D eigenvalue weighted by atomic mass is 32.1. The summed E-state index contributed by atoms with van der Waals surface area (Å²) in [6.07, 6.45) is 0.228. The second kappa shape index (κ2) is 10.9. The van der Waals surface area contributed by atoms with Crippen molar-refractivity contribution in [1.82, 2.24) is 24.8 Å². The van der Waals surface area contributed by atoms with Crippen molar-refractivity contribution in [2.45, 2.75) is 57.9 Å². The number of likely N-dealkylation sites (tertiary alicyclic amines) is 1. The van der Waals surface area contributed by atoms with Gasteiger partial charge in [-0.25, -0.2) is 9.48 Å². The molecule has 176 valence electrons. The smallest absolute Gasteiger partial charge is 0.475 e. The highest BCUT2D eigenvalue weighted by molar-refractivity contribution is 7.08. The Morgan fingerprint density at radius 3 is 2.44 bits per heavy atom. The van der Waals surface area contributed by atoms with Gasteiger partial charge < -0.3 is 10.0 Å². The van der Waals surface area contributed by atoms with Crippen LogP contribution in [-0.4, -0.2) is 67.6 Å². The van der Waals surface area contributed by atoms with Gasteiger partial charge in [-0.15, -0.1) is 5.10 Å². The zero-order valence-electron chi connectivity index (χ0n) is 17.6. The molecule has 1 fully saturated rings. The third kappa shape index (κ3) is 6.76. The van der Waals surface area contributed by atoms with Gasteiger partial charge in [0.05, 0.1) is 18.7 Å². The molecule has 2 aromatic heterocycles. The maximum absolute atomic E-state index is 12.7. The predicted molar refractivity (Wildman–Crippen MR) is 111 cm³/mol. The van der Waals surface area contributed by atoms with E-state index in [9.17, 15) is 18.0 Å². The molecular formula is C20H26F3N5O3S. The van der Waals surface area contributed by atoms with Crippen molar-refractivity contribution in [2.24, 2.45) is 0 Å². The molecular weight excluding hydrogens is 447 g/mol. The van der Waals surface area contributed by atoms with Crippen LogP contribution >= 0.6 is 11.3 Å². The summed E-state index contributed by atoms with van der Waals surface area (Å²) in [7, 11) is 0. The number of carboxylic acids is 1. The first kappa shape index (κ1) is 24.2. The van der Waals surface area contributed by atoms with E-state index in [-0.39, 0.29) is 5.91 Å². The molecule has 2 aliphatic heterocycles. The number of aryl methyl sites for hydroxylation is 1. The molecule has 1 saturated heterocycles. The number of aromatic nitrogens is 3. The molecule has 0 saturated carbocycles. The molecule has 8 nitrogen and oxygen atoms in total. The van der Waals surface area contributed by atoms with Crippen LogP contribution in [0.5, 0.6) is 0 Å². The van der Waals surface area contributed by atoms with Crippen molar-refractivity contribution in [1.29, 1.82) is 0 Å². The number of carbonyl (C=O) groups is 2. The van der Waals surface area contributed by atoms with Gasteiger partial charge in [0.1, 0.15) is 5.69 Å². The van der Waals surface area contributed by atoms with Gasteiger partial charge in [0.25, 0.3) is 0 Å². The van der Waals surface area contributed by atoms with Gasteiger partial charge in [0.15, 0.2) is 0 Å². The molecule has 1 N–H and O–H groups in total. The van der Waals surface area contributed by atoms with Gasteiger partial charge in [-0.05, 0) is 54.7 Å². The van der Waals surface area contributed by atoms with E-state index in [2.05, 4.69) is 20.6 Å². The van der Waals surface area contributed by atoms with Crippen LogP contribution in [0.4, 0.5) is 13.2 Å². The Bertz CT molecular complexity index is 895. The summed E-state index contributed by atoms with van der Waals surface area (Å²) in [5.74, 6) is -2.55. The van der Waals surface area contributed by atoms with E-state index in [0.717, 1.165) is 56.1 Å². The van der Waals surface area contributed by atoms with Crippen LogP contribution in [-0.2, 0) is 35.6 Å². The topological polar surface area (TPSA) is 91.6 Å². The fraction of sp³-hybridized carbons (Fsp3) is 0.600. The fourth-order valence-corrected chi connectivity index (χ4v) is 4.41. The molecule has 1 amide bonds. The van der Waals surface area contributed by atoms with Gasteiger partial charge in [-0.3, -0.25) is 9.69 Å². The fourth-order valence-electron chi connectivity index (χ4n) is 3.74. The lowest BCUT2D eigenvalue weighted by atomic mass is 10.1. The number of thiophene rings is 1. The van der Waals surface area contributed by atoms with Crippen molar-refractivity contribution < 1.29 is 27.9 Å². The van der Waals surface area contributed by atoms with Gasteiger partial charge in [0.2, 0.25) is 5.91 Å². The maximum Gasteiger partial charge on any atom is 0.490 e. The number of rotatable bonds is 4. The number of alkyl halides is 3. The number of hydrogen-bond acceptors (Lipinski definition) is 6. The normalized spacial score (nSPS) is 17.2. The SMILES string of the molecule is O=C(Cc1ccsc1)N1CCCn2nnc(CN3CCCCC3)c2C1.O=C(O)C(F)(F)F. The lowest BCUT2D eigenvalue weighted by Gasteiger charge is -2.26. The molecule has 2 aromatic rings. The van der Waals surface area contributed by atoms with E-state index in [1.54, 1.807) is 11.3 Å². The lowest BCUT2D eigenvalue weighted by Crippen LogP contribution is -2.33. The second-order valence-electron chi connectivity index (χ2n) is 7.82. The monoisotopic (exact) mass is 473 g/mol. The molecule has 0 atom stereocenters. The van der Waals surface area contributed by atoms with Crippen molar-refractivity contribution in [3.05, 3.63) is 33.8 Å². The molecule has 0 aliphatic carbocycles. The number of amides is 1. The Kier molecular flexibility index (Phi) is 8.24. The second-order valence-corrected chi connectivity index (χ2v) is 8.60.